The highest BCUT2D eigenvalue weighted by Gasteiger charge is 2.50. The van der Waals surface area contributed by atoms with Crippen molar-refractivity contribution >= 4 is 5.97 Å². The Labute approximate surface area is 210 Å². The van der Waals surface area contributed by atoms with Gasteiger partial charge in [0.25, 0.3) is 0 Å². The van der Waals surface area contributed by atoms with Crippen molar-refractivity contribution in [1.82, 2.24) is 0 Å². The Bertz CT molecular complexity index is 1050. The lowest BCUT2D eigenvalue weighted by atomic mass is 9.98. The number of hydrogen-bond acceptors (Lipinski definition) is 6. The van der Waals surface area contributed by atoms with Gasteiger partial charge in [-0.25, -0.2) is 4.39 Å². The summed E-state index contributed by atoms with van der Waals surface area (Å²) in [6, 6.07) is 28.8. The third-order valence-corrected chi connectivity index (χ3v) is 5.84. The fourth-order valence-corrected chi connectivity index (χ4v) is 4.11. The van der Waals surface area contributed by atoms with Crippen LogP contribution in [0.15, 0.2) is 91.0 Å². The molecule has 1 saturated heterocycles. The van der Waals surface area contributed by atoms with E-state index in [-0.39, 0.29) is 19.8 Å². The van der Waals surface area contributed by atoms with Gasteiger partial charge < -0.3 is 23.7 Å². The molecule has 1 aliphatic rings. The first kappa shape index (κ1) is 26.0. The van der Waals surface area contributed by atoms with Crippen LogP contribution in [-0.2, 0) is 48.3 Å². The Morgan fingerprint density at radius 1 is 0.722 bits per heavy atom. The average molecular weight is 495 g/mol. The van der Waals surface area contributed by atoms with Crippen LogP contribution < -0.4 is 0 Å². The molecule has 0 aliphatic carbocycles. The van der Waals surface area contributed by atoms with Crippen molar-refractivity contribution in [1.29, 1.82) is 0 Å². The number of carbonyl (C=O) groups is 1. The van der Waals surface area contributed by atoms with Crippen LogP contribution in [0.4, 0.5) is 4.39 Å². The molecule has 4 rings (SSSR count). The molecule has 0 N–H and O–H groups in total. The molecule has 0 unspecified atom stereocenters. The summed E-state index contributed by atoms with van der Waals surface area (Å²) in [5.41, 5.74) is 2.83. The lowest BCUT2D eigenvalue weighted by Crippen LogP contribution is -2.60. The second-order valence-corrected chi connectivity index (χ2v) is 8.62. The Morgan fingerprint density at radius 3 is 1.69 bits per heavy atom. The van der Waals surface area contributed by atoms with Gasteiger partial charge in [0.05, 0.1) is 26.4 Å². The van der Waals surface area contributed by atoms with Crippen LogP contribution in [0.25, 0.3) is 0 Å². The lowest BCUT2D eigenvalue weighted by Gasteiger charge is -2.43. The molecule has 3 aromatic rings. The molecule has 1 fully saturated rings. The molecule has 5 atom stereocenters. The maximum absolute atomic E-state index is 15.2. The minimum Gasteiger partial charge on any atom is -0.454 e. The van der Waals surface area contributed by atoms with E-state index in [0.717, 1.165) is 16.7 Å². The number of esters is 1. The lowest BCUT2D eigenvalue weighted by molar-refractivity contribution is -0.291. The highest BCUT2D eigenvalue weighted by atomic mass is 19.1. The molecule has 0 aromatic heterocycles. The normalized spacial score (nSPS) is 23.8. The highest BCUT2D eigenvalue weighted by Crippen LogP contribution is 2.31. The summed E-state index contributed by atoms with van der Waals surface area (Å²) >= 11 is 0. The summed E-state index contributed by atoms with van der Waals surface area (Å²) in [5.74, 6) is -0.625. The zero-order valence-electron chi connectivity index (χ0n) is 20.2. The third kappa shape index (κ3) is 7.45. The third-order valence-electron chi connectivity index (χ3n) is 5.84. The standard InChI is InChI=1S/C29H31FO6/c1-21(31)35-28-27(34-19-24-15-9-4-10-16-24)26(33-18-23-13-7-3-8-14-23)25(36-29(28)30)20-32-17-22-11-5-2-6-12-22/h2-16,25-29H,17-20H2,1H3/t25-,26+,27+,28-,29-/m1/s1. The van der Waals surface area contributed by atoms with E-state index in [1.165, 1.54) is 6.92 Å². The Balaban J connectivity index is 1.53. The quantitative estimate of drug-likeness (QED) is 0.350. The number of benzene rings is 3. The number of rotatable bonds is 11. The van der Waals surface area contributed by atoms with Gasteiger partial charge >= 0.3 is 5.97 Å². The zero-order valence-corrected chi connectivity index (χ0v) is 20.2. The van der Waals surface area contributed by atoms with E-state index in [4.69, 9.17) is 23.7 Å². The van der Waals surface area contributed by atoms with Gasteiger partial charge in [0.15, 0.2) is 6.10 Å². The van der Waals surface area contributed by atoms with E-state index in [1.54, 1.807) is 0 Å². The molecule has 0 radical (unpaired) electrons. The van der Waals surface area contributed by atoms with E-state index in [0.29, 0.717) is 6.61 Å². The van der Waals surface area contributed by atoms with E-state index in [2.05, 4.69) is 0 Å². The number of halogens is 1. The van der Waals surface area contributed by atoms with Crippen molar-refractivity contribution < 1.29 is 32.9 Å². The first-order valence-electron chi connectivity index (χ1n) is 12.0. The number of carbonyl (C=O) groups excluding carboxylic acids is 1. The smallest absolute Gasteiger partial charge is 0.303 e. The molecule has 1 heterocycles. The zero-order chi connectivity index (χ0) is 25.2. The predicted molar refractivity (Wildman–Crippen MR) is 131 cm³/mol. The molecule has 0 spiro atoms. The Morgan fingerprint density at radius 2 is 1.19 bits per heavy atom. The first-order chi connectivity index (χ1) is 17.6. The fourth-order valence-electron chi connectivity index (χ4n) is 4.11. The van der Waals surface area contributed by atoms with Crippen molar-refractivity contribution in [2.24, 2.45) is 0 Å². The molecule has 190 valence electrons. The van der Waals surface area contributed by atoms with Crippen LogP contribution in [0, 0.1) is 0 Å². The van der Waals surface area contributed by atoms with Gasteiger partial charge in [0.1, 0.15) is 18.3 Å². The second kappa shape index (κ2) is 13.3. The van der Waals surface area contributed by atoms with Crippen LogP contribution in [0.1, 0.15) is 23.6 Å². The summed E-state index contributed by atoms with van der Waals surface area (Å²) in [4.78, 5) is 11.8. The van der Waals surface area contributed by atoms with E-state index in [9.17, 15) is 4.79 Å². The summed E-state index contributed by atoms with van der Waals surface area (Å²) < 4.78 is 44.5. The van der Waals surface area contributed by atoms with Crippen molar-refractivity contribution in [2.75, 3.05) is 6.61 Å². The Kier molecular flexibility index (Phi) is 9.58. The van der Waals surface area contributed by atoms with Crippen LogP contribution >= 0.6 is 0 Å². The van der Waals surface area contributed by atoms with Crippen molar-refractivity contribution in [2.45, 2.75) is 57.5 Å². The van der Waals surface area contributed by atoms with Gasteiger partial charge in [-0.3, -0.25) is 4.79 Å². The summed E-state index contributed by atoms with van der Waals surface area (Å²) in [6.45, 7) is 2.09. The number of alkyl halides is 1. The second-order valence-electron chi connectivity index (χ2n) is 8.62. The predicted octanol–water partition coefficient (Wildman–Crippen LogP) is 5.00. The molecule has 0 bridgehead atoms. The maximum Gasteiger partial charge on any atom is 0.303 e. The molecule has 7 heteroatoms. The molecule has 1 aliphatic heterocycles. The molecule has 3 aromatic carbocycles. The van der Waals surface area contributed by atoms with Crippen molar-refractivity contribution in [3.63, 3.8) is 0 Å². The van der Waals surface area contributed by atoms with Crippen LogP contribution in [0.5, 0.6) is 0 Å². The monoisotopic (exact) mass is 494 g/mol. The minimum atomic E-state index is -1.89. The number of ether oxygens (including phenoxy) is 5. The summed E-state index contributed by atoms with van der Waals surface area (Å²) in [7, 11) is 0. The SMILES string of the molecule is CC(=O)O[C@@H]1[C@@H](OCc2ccccc2)[C@@H](OCc2ccccc2)[C@@H](COCc2ccccc2)O[C@H]1F. The van der Waals surface area contributed by atoms with E-state index >= 15 is 4.39 Å². The van der Waals surface area contributed by atoms with Crippen molar-refractivity contribution in [3.8, 4) is 0 Å². The van der Waals surface area contributed by atoms with Gasteiger partial charge in [-0.1, -0.05) is 91.0 Å². The van der Waals surface area contributed by atoms with E-state index in [1.807, 2.05) is 91.0 Å². The first-order valence-corrected chi connectivity index (χ1v) is 12.0. The number of hydrogen-bond donors (Lipinski definition) is 0. The van der Waals surface area contributed by atoms with Crippen molar-refractivity contribution in [3.05, 3.63) is 108 Å². The molecule has 6 nitrogen and oxygen atoms in total. The molecule has 0 amide bonds. The molecular weight excluding hydrogens is 463 g/mol. The van der Waals surface area contributed by atoms with Gasteiger partial charge in [-0.05, 0) is 16.7 Å². The van der Waals surface area contributed by atoms with Gasteiger partial charge in [-0.2, -0.15) is 0 Å². The van der Waals surface area contributed by atoms with Gasteiger partial charge in [-0.15, -0.1) is 0 Å². The largest absolute Gasteiger partial charge is 0.454 e. The molecular formula is C29H31FO6. The van der Waals surface area contributed by atoms with Crippen LogP contribution in [0.3, 0.4) is 0 Å². The fraction of sp³-hybridized carbons (Fsp3) is 0.345. The molecule has 36 heavy (non-hydrogen) atoms. The molecule has 0 saturated carbocycles. The highest BCUT2D eigenvalue weighted by molar-refractivity contribution is 5.66. The summed E-state index contributed by atoms with van der Waals surface area (Å²) in [5, 5.41) is 0. The minimum absolute atomic E-state index is 0.0761. The van der Waals surface area contributed by atoms with Crippen LogP contribution in [0.2, 0.25) is 0 Å². The topological polar surface area (TPSA) is 63.2 Å². The summed E-state index contributed by atoms with van der Waals surface area (Å²) in [6.07, 6.45) is -5.61. The van der Waals surface area contributed by atoms with Gasteiger partial charge in [0, 0.05) is 6.92 Å². The van der Waals surface area contributed by atoms with Crippen LogP contribution in [-0.4, -0.2) is 43.3 Å². The van der Waals surface area contributed by atoms with E-state index < -0.39 is 36.7 Å². The average Bonchev–Trinajstić information content (AvgIpc) is 2.90. The van der Waals surface area contributed by atoms with Gasteiger partial charge in [0.2, 0.25) is 6.36 Å². The maximum atomic E-state index is 15.2. The Hall–Kier alpha value is -3.10.